The van der Waals surface area contributed by atoms with E-state index in [2.05, 4.69) is 49.5 Å². The number of pyridine rings is 1. The van der Waals surface area contributed by atoms with E-state index in [0.717, 1.165) is 17.1 Å². The number of nitrogens with zero attached hydrogens (tertiary/aromatic N) is 1. The van der Waals surface area contributed by atoms with Crippen molar-refractivity contribution in [3.8, 4) is 0 Å². The molecule has 2 aromatic rings. The van der Waals surface area contributed by atoms with Gasteiger partial charge in [-0.05, 0) is 50.7 Å². The van der Waals surface area contributed by atoms with Gasteiger partial charge >= 0.3 is 0 Å². The van der Waals surface area contributed by atoms with Gasteiger partial charge in [-0.3, -0.25) is 4.98 Å². The third-order valence-corrected chi connectivity index (χ3v) is 4.23. The van der Waals surface area contributed by atoms with Crippen molar-refractivity contribution in [3.63, 3.8) is 0 Å². The Labute approximate surface area is 115 Å². The van der Waals surface area contributed by atoms with Crippen molar-refractivity contribution in [2.75, 3.05) is 5.32 Å². The van der Waals surface area contributed by atoms with Gasteiger partial charge < -0.3 is 5.32 Å². The van der Waals surface area contributed by atoms with Crippen molar-refractivity contribution in [1.29, 1.82) is 0 Å². The predicted octanol–water partition coefficient (Wildman–Crippen LogP) is 4.53. The molecule has 0 bridgehead atoms. The fourth-order valence-corrected chi connectivity index (χ4v) is 2.99. The summed E-state index contributed by atoms with van der Waals surface area (Å²) in [6, 6.07) is 11.3. The quantitative estimate of drug-likeness (QED) is 0.851. The smallest absolute Gasteiger partial charge is 0.0936 e. The normalized spacial score (nSPS) is 23.5. The Hall–Kier alpha value is -1.57. The predicted molar refractivity (Wildman–Crippen MR) is 81.5 cm³/mol. The highest BCUT2D eigenvalue weighted by Crippen LogP contribution is 2.28. The van der Waals surface area contributed by atoms with Gasteiger partial charge in [-0.1, -0.05) is 25.1 Å². The molecule has 0 amide bonds. The van der Waals surface area contributed by atoms with E-state index in [-0.39, 0.29) is 0 Å². The maximum Gasteiger partial charge on any atom is 0.0936 e. The Balaban J connectivity index is 1.86. The number of rotatable bonds is 2. The lowest BCUT2D eigenvalue weighted by atomic mass is 9.87. The summed E-state index contributed by atoms with van der Waals surface area (Å²) in [6.07, 6.45) is 5.25. The minimum absolute atomic E-state index is 0.615. The number of para-hydroxylation sites is 1. The molecule has 1 aromatic carbocycles. The van der Waals surface area contributed by atoms with Gasteiger partial charge in [-0.15, -0.1) is 0 Å². The number of hydrogen-bond acceptors (Lipinski definition) is 2. The highest BCUT2D eigenvalue weighted by Gasteiger charge is 2.18. The van der Waals surface area contributed by atoms with Crippen LogP contribution in [-0.4, -0.2) is 11.0 Å². The standard InChI is InChI=1S/C17H22N2/c1-12-6-10-15(11-7-12)19-16-5-3-4-14-9-8-13(2)18-17(14)16/h3-5,8-9,12,15,19H,6-7,10-11H2,1-2H3. The third-order valence-electron chi connectivity index (χ3n) is 4.23. The largest absolute Gasteiger partial charge is 0.381 e. The Kier molecular flexibility index (Phi) is 3.41. The molecule has 2 nitrogen and oxygen atoms in total. The SMILES string of the molecule is Cc1ccc2cccc(NC3CCC(C)CC3)c2n1. The molecule has 19 heavy (non-hydrogen) atoms. The Morgan fingerprint density at radius 3 is 2.63 bits per heavy atom. The highest BCUT2D eigenvalue weighted by molar-refractivity contribution is 5.90. The summed E-state index contributed by atoms with van der Waals surface area (Å²) in [6.45, 7) is 4.41. The molecule has 0 unspecified atom stereocenters. The minimum Gasteiger partial charge on any atom is -0.381 e. The van der Waals surface area contributed by atoms with Crippen molar-refractivity contribution in [2.45, 2.75) is 45.6 Å². The summed E-state index contributed by atoms with van der Waals surface area (Å²) in [7, 11) is 0. The lowest BCUT2D eigenvalue weighted by Crippen LogP contribution is -2.25. The van der Waals surface area contributed by atoms with Gasteiger partial charge in [0.2, 0.25) is 0 Å². The zero-order chi connectivity index (χ0) is 13.2. The average molecular weight is 254 g/mol. The number of benzene rings is 1. The number of hydrogen-bond donors (Lipinski definition) is 1. The van der Waals surface area contributed by atoms with Crippen LogP contribution in [0.5, 0.6) is 0 Å². The number of aromatic nitrogens is 1. The lowest BCUT2D eigenvalue weighted by Gasteiger charge is -2.28. The summed E-state index contributed by atoms with van der Waals surface area (Å²) in [5, 5.41) is 4.93. The van der Waals surface area contributed by atoms with Crippen molar-refractivity contribution in [1.82, 2.24) is 4.98 Å². The van der Waals surface area contributed by atoms with Crippen LogP contribution in [0.1, 0.15) is 38.3 Å². The van der Waals surface area contributed by atoms with Crippen molar-refractivity contribution in [3.05, 3.63) is 36.0 Å². The number of anilines is 1. The van der Waals surface area contributed by atoms with E-state index < -0.39 is 0 Å². The van der Waals surface area contributed by atoms with Crippen LogP contribution in [0.3, 0.4) is 0 Å². The number of nitrogens with one attached hydrogen (secondary N) is 1. The van der Waals surface area contributed by atoms with Gasteiger partial charge in [-0.2, -0.15) is 0 Å². The van der Waals surface area contributed by atoms with Crippen LogP contribution in [0.2, 0.25) is 0 Å². The Morgan fingerprint density at radius 2 is 1.84 bits per heavy atom. The summed E-state index contributed by atoms with van der Waals surface area (Å²) in [5.41, 5.74) is 3.39. The average Bonchev–Trinajstić information content (AvgIpc) is 2.42. The second kappa shape index (κ2) is 5.20. The van der Waals surface area contributed by atoms with Crippen molar-refractivity contribution < 1.29 is 0 Å². The van der Waals surface area contributed by atoms with Crippen LogP contribution < -0.4 is 5.32 Å². The molecular weight excluding hydrogens is 232 g/mol. The van der Waals surface area contributed by atoms with Crippen LogP contribution in [0.15, 0.2) is 30.3 Å². The molecule has 0 radical (unpaired) electrons. The first kappa shape index (κ1) is 12.5. The molecule has 1 aliphatic rings. The summed E-state index contributed by atoms with van der Waals surface area (Å²) >= 11 is 0. The fraction of sp³-hybridized carbons (Fsp3) is 0.471. The monoisotopic (exact) mass is 254 g/mol. The Bertz CT molecular complexity index is 568. The molecule has 1 aromatic heterocycles. The van der Waals surface area contributed by atoms with Gasteiger partial charge in [0.05, 0.1) is 11.2 Å². The second-order valence-corrected chi connectivity index (χ2v) is 5.93. The highest BCUT2D eigenvalue weighted by atomic mass is 14.9. The molecule has 0 aliphatic heterocycles. The summed E-state index contributed by atoms with van der Waals surface area (Å²) in [4.78, 5) is 4.69. The molecular formula is C17H22N2. The molecule has 0 saturated heterocycles. The molecule has 1 saturated carbocycles. The van der Waals surface area contributed by atoms with Crippen LogP contribution in [-0.2, 0) is 0 Å². The Morgan fingerprint density at radius 1 is 1.05 bits per heavy atom. The molecule has 100 valence electrons. The van der Waals surface area contributed by atoms with Crippen LogP contribution >= 0.6 is 0 Å². The number of fused-ring (bicyclic) bond motifs is 1. The van der Waals surface area contributed by atoms with E-state index in [1.54, 1.807) is 0 Å². The van der Waals surface area contributed by atoms with Crippen LogP contribution in [0, 0.1) is 12.8 Å². The third kappa shape index (κ3) is 2.73. The maximum absolute atomic E-state index is 4.69. The lowest BCUT2D eigenvalue weighted by molar-refractivity contribution is 0.361. The first-order valence-electron chi connectivity index (χ1n) is 7.35. The van der Waals surface area contributed by atoms with Crippen molar-refractivity contribution >= 4 is 16.6 Å². The topological polar surface area (TPSA) is 24.9 Å². The van der Waals surface area contributed by atoms with Crippen LogP contribution in [0.4, 0.5) is 5.69 Å². The van der Waals surface area contributed by atoms with E-state index in [1.165, 1.54) is 36.8 Å². The second-order valence-electron chi connectivity index (χ2n) is 5.93. The van der Waals surface area contributed by atoms with Crippen LogP contribution in [0.25, 0.3) is 10.9 Å². The number of aryl methyl sites for hydroxylation is 1. The maximum atomic E-state index is 4.69. The van der Waals surface area contributed by atoms with E-state index in [0.29, 0.717) is 6.04 Å². The van der Waals surface area contributed by atoms with E-state index in [4.69, 9.17) is 4.98 Å². The summed E-state index contributed by atoms with van der Waals surface area (Å²) < 4.78 is 0. The van der Waals surface area contributed by atoms with Gasteiger partial charge in [0.1, 0.15) is 0 Å². The minimum atomic E-state index is 0.615. The fourth-order valence-electron chi connectivity index (χ4n) is 2.99. The van der Waals surface area contributed by atoms with Gasteiger partial charge in [0.15, 0.2) is 0 Å². The molecule has 1 aliphatic carbocycles. The first-order chi connectivity index (χ1) is 9.22. The van der Waals surface area contributed by atoms with Gasteiger partial charge in [-0.25, -0.2) is 0 Å². The molecule has 3 rings (SSSR count). The molecule has 0 atom stereocenters. The molecule has 1 fully saturated rings. The zero-order valence-electron chi connectivity index (χ0n) is 11.8. The molecule has 1 heterocycles. The van der Waals surface area contributed by atoms with E-state index in [9.17, 15) is 0 Å². The van der Waals surface area contributed by atoms with E-state index >= 15 is 0 Å². The molecule has 0 spiro atoms. The zero-order valence-corrected chi connectivity index (χ0v) is 11.8. The summed E-state index contributed by atoms with van der Waals surface area (Å²) in [5.74, 6) is 0.894. The van der Waals surface area contributed by atoms with Crippen molar-refractivity contribution in [2.24, 2.45) is 5.92 Å². The molecule has 2 heteroatoms. The van der Waals surface area contributed by atoms with Gasteiger partial charge in [0.25, 0.3) is 0 Å². The molecule has 1 N–H and O–H groups in total. The first-order valence-corrected chi connectivity index (χ1v) is 7.35. The van der Waals surface area contributed by atoms with E-state index in [1.807, 2.05) is 0 Å². The van der Waals surface area contributed by atoms with Gasteiger partial charge in [0, 0.05) is 17.1 Å².